The number of benzene rings is 1. The van der Waals surface area contributed by atoms with Crippen molar-refractivity contribution in [3.05, 3.63) is 40.2 Å². The number of halogens is 3. The summed E-state index contributed by atoms with van der Waals surface area (Å²) in [6, 6.07) is 1.15. The molecular formula is C25H35F3N4O12. The van der Waals surface area contributed by atoms with Crippen LogP contribution in [0.15, 0.2) is 33.5 Å². The molecule has 0 saturated carbocycles. The van der Waals surface area contributed by atoms with Gasteiger partial charge in [0.25, 0.3) is 0 Å². The number of amides is 1. The van der Waals surface area contributed by atoms with Gasteiger partial charge in [0.2, 0.25) is 0 Å². The lowest BCUT2D eigenvalue weighted by Crippen LogP contribution is -2.41. The third-order valence-corrected chi connectivity index (χ3v) is 4.28. The lowest BCUT2D eigenvalue weighted by Gasteiger charge is -2.20. The molecule has 0 fully saturated rings. The van der Waals surface area contributed by atoms with Crippen molar-refractivity contribution in [2.45, 2.75) is 70.9 Å². The van der Waals surface area contributed by atoms with Crippen molar-refractivity contribution in [1.29, 1.82) is 0 Å². The minimum atomic E-state index is -4.59. The number of nitrogens with two attached hydrogens (primary N) is 3. The predicted octanol–water partition coefficient (Wildman–Crippen LogP) is 1.67. The topological polar surface area (TPSA) is 296 Å². The average Bonchev–Trinajstić information content (AvgIpc) is 2.82. The Labute approximate surface area is 247 Å². The van der Waals surface area contributed by atoms with Gasteiger partial charge in [-0.05, 0) is 46.8 Å². The largest absolute Gasteiger partial charge is 0.481 e. The summed E-state index contributed by atoms with van der Waals surface area (Å²) in [7, 11) is 0. The highest BCUT2D eigenvalue weighted by molar-refractivity contribution is 5.83. The van der Waals surface area contributed by atoms with Crippen LogP contribution in [0.4, 0.5) is 23.7 Å². The molecule has 1 aromatic heterocycles. The van der Waals surface area contributed by atoms with E-state index in [-0.39, 0.29) is 16.7 Å². The fourth-order valence-electron chi connectivity index (χ4n) is 2.24. The van der Waals surface area contributed by atoms with E-state index >= 15 is 0 Å². The van der Waals surface area contributed by atoms with Crippen molar-refractivity contribution < 1.29 is 66.7 Å². The van der Waals surface area contributed by atoms with Crippen LogP contribution in [-0.4, -0.2) is 74.1 Å². The molecular weight excluding hydrogens is 605 g/mol. The number of alkyl halides is 3. The highest BCUT2D eigenvalue weighted by atomic mass is 19.4. The fraction of sp³-hybridized carbons (Fsp3) is 0.440. The second-order valence-electron chi connectivity index (χ2n) is 9.61. The Morgan fingerprint density at radius 1 is 0.932 bits per heavy atom. The number of nitrogen functional groups attached to an aromatic ring is 1. The Bertz CT molecular complexity index is 1350. The molecule has 1 heterocycles. The Morgan fingerprint density at radius 2 is 1.43 bits per heavy atom. The molecule has 0 aliphatic carbocycles. The first-order chi connectivity index (χ1) is 19.8. The number of carbonyl (C=O) groups is 5. The van der Waals surface area contributed by atoms with Crippen molar-refractivity contribution in [2.24, 2.45) is 11.5 Å². The van der Waals surface area contributed by atoms with Gasteiger partial charge in [-0.1, -0.05) is 0 Å². The van der Waals surface area contributed by atoms with Crippen molar-refractivity contribution in [3.8, 4) is 0 Å². The molecule has 44 heavy (non-hydrogen) atoms. The SMILES string of the molecule is C[C@H](N)C(=O)O.C[C@H](NC(=O)OC(C)(C)C)C(=O)O.N[C@@H](CC(=O)O)C(=O)O.Nc1ccc2c(C(F)(F)F)cc(=O)oc2c1. The summed E-state index contributed by atoms with van der Waals surface area (Å²) in [6.45, 7) is 7.91. The van der Waals surface area contributed by atoms with E-state index in [4.69, 9.17) is 42.4 Å². The lowest BCUT2D eigenvalue weighted by molar-refractivity contribution is -0.144. The Hall–Kier alpha value is -4.91. The van der Waals surface area contributed by atoms with Gasteiger partial charge in [-0.25, -0.2) is 9.59 Å². The van der Waals surface area contributed by atoms with E-state index in [0.717, 1.165) is 0 Å². The van der Waals surface area contributed by atoms with Gasteiger partial charge in [0.1, 0.15) is 29.3 Å². The highest BCUT2D eigenvalue weighted by Crippen LogP contribution is 2.34. The summed E-state index contributed by atoms with van der Waals surface area (Å²) in [5.74, 6) is -4.55. The molecule has 3 atom stereocenters. The number of carboxylic acid groups (broad SMARTS) is 4. The number of aliphatic carboxylic acids is 4. The third kappa shape index (κ3) is 18.5. The molecule has 0 saturated heterocycles. The van der Waals surface area contributed by atoms with Crippen LogP contribution < -0.4 is 28.1 Å². The summed E-state index contributed by atoms with van der Waals surface area (Å²) >= 11 is 0. The normalized spacial score (nSPS) is 12.7. The van der Waals surface area contributed by atoms with E-state index in [1.165, 1.54) is 32.0 Å². The number of anilines is 1. The zero-order chi connectivity index (χ0) is 35.2. The van der Waals surface area contributed by atoms with Gasteiger partial charge in [0, 0.05) is 23.2 Å². The van der Waals surface area contributed by atoms with E-state index < -0.39 is 77.5 Å². The van der Waals surface area contributed by atoms with Gasteiger partial charge < -0.3 is 52.1 Å². The predicted molar refractivity (Wildman–Crippen MR) is 148 cm³/mol. The van der Waals surface area contributed by atoms with E-state index in [1.54, 1.807) is 20.8 Å². The monoisotopic (exact) mass is 640 g/mol. The quantitative estimate of drug-likeness (QED) is 0.164. The van der Waals surface area contributed by atoms with Crippen molar-refractivity contribution in [1.82, 2.24) is 5.32 Å². The van der Waals surface area contributed by atoms with Crippen molar-refractivity contribution >= 4 is 46.6 Å². The first-order valence-corrected chi connectivity index (χ1v) is 12.1. The van der Waals surface area contributed by atoms with Crippen LogP contribution in [0.3, 0.4) is 0 Å². The first-order valence-electron chi connectivity index (χ1n) is 12.1. The van der Waals surface area contributed by atoms with Gasteiger partial charge in [-0.15, -0.1) is 0 Å². The van der Waals surface area contributed by atoms with Crippen LogP contribution in [0.1, 0.15) is 46.6 Å². The Morgan fingerprint density at radius 3 is 1.77 bits per heavy atom. The highest BCUT2D eigenvalue weighted by Gasteiger charge is 2.33. The minimum absolute atomic E-state index is 0.167. The second kappa shape index (κ2) is 17.9. The van der Waals surface area contributed by atoms with Gasteiger partial charge in [-0.3, -0.25) is 19.2 Å². The number of hydrogen-bond acceptors (Lipinski definition) is 11. The number of ether oxygens (including phenoxy) is 1. The molecule has 2 aromatic rings. The zero-order valence-electron chi connectivity index (χ0n) is 24.2. The van der Waals surface area contributed by atoms with Crippen LogP contribution in [-0.2, 0) is 30.1 Å². The van der Waals surface area contributed by atoms with Crippen molar-refractivity contribution in [3.63, 3.8) is 0 Å². The molecule has 0 bridgehead atoms. The molecule has 0 unspecified atom stereocenters. The number of carboxylic acids is 4. The molecule has 2 rings (SSSR count). The van der Waals surface area contributed by atoms with Crippen LogP contribution in [0.5, 0.6) is 0 Å². The van der Waals surface area contributed by atoms with Crippen LogP contribution in [0.2, 0.25) is 0 Å². The van der Waals surface area contributed by atoms with E-state index in [9.17, 15) is 41.9 Å². The third-order valence-electron chi connectivity index (χ3n) is 4.28. The summed E-state index contributed by atoms with van der Waals surface area (Å²) in [5.41, 5.74) is 12.5. The number of fused-ring (bicyclic) bond motifs is 1. The molecule has 1 amide bonds. The lowest BCUT2D eigenvalue weighted by atomic mass is 10.1. The maximum atomic E-state index is 12.6. The zero-order valence-corrected chi connectivity index (χ0v) is 24.2. The molecule has 0 aliphatic heterocycles. The van der Waals surface area contributed by atoms with Crippen LogP contribution >= 0.6 is 0 Å². The average molecular weight is 641 g/mol. The van der Waals surface area contributed by atoms with E-state index in [1.807, 2.05) is 0 Å². The number of hydrogen-bond donors (Lipinski definition) is 8. The smallest absolute Gasteiger partial charge is 0.417 e. The van der Waals surface area contributed by atoms with Gasteiger partial charge in [-0.2, -0.15) is 13.2 Å². The standard InChI is InChI=1S/C10H6F3NO2.C8H15NO4.C4H7NO4.C3H7NO2/c11-10(12,13)7-4-9(15)16-8-3-5(14)1-2-6(7)8;1-5(6(10)11)9-7(12)13-8(2,3)4;5-2(4(8)9)1-3(6)7;1-2(4)3(5)6/h1-4H,14H2;5H,1-4H3,(H,9,12)(H,10,11);2H,1,5H2,(H,6,7)(H,8,9);2H,4H2,1H3,(H,5,6)/t;5-;2*2-/m.000/s1. The minimum Gasteiger partial charge on any atom is -0.481 e. The molecule has 248 valence electrons. The summed E-state index contributed by atoms with van der Waals surface area (Å²) < 4.78 is 47.2. The molecule has 0 aliphatic rings. The molecule has 16 nitrogen and oxygen atoms in total. The van der Waals surface area contributed by atoms with Crippen molar-refractivity contribution in [2.75, 3.05) is 5.73 Å². The van der Waals surface area contributed by atoms with Crippen LogP contribution in [0, 0.1) is 0 Å². The fourth-order valence-corrected chi connectivity index (χ4v) is 2.24. The first kappa shape index (κ1) is 41.2. The maximum Gasteiger partial charge on any atom is 0.417 e. The summed E-state index contributed by atoms with van der Waals surface area (Å²) in [5, 5.41) is 34.4. The molecule has 19 heteroatoms. The second-order valence-corrected chi connectivity index (χ2v) is 9.61. The number of alkyl carbamates (subject to hydrolysis) is 1. The number of nitrogens with one attached hydrogen (secondary N) is 1. The van der Waals surface area contributed by atoms with E-state index in [2.05, 4.69) is 9.73 Å². The Balaban J connectivity index is 0. The van der Waals surface area contributed by atoms with Gasteiger partial charge in [0.15, 0.2) is 0 Å². The summed E-state index contributed by atoms with van der Waals surface area (Å²) in [6.07, 6.45) is -5.85. The number of carbonyl (C=O) groups excluding carboxylic acids is 1. The van der Waals surface area contributed by atoms with Crippen LogP contribution in [0.25, 0.3) is 11.0 Å². The van der Waals surface area contributed by atoms with Gasteiger partial charge in [0.05, 0.1) is 12.0 Å². The molecule has 0 radical (unpaired) electrons. The molecule has 11 N–H and O–H groups in total. The maximum absolute atomic E-state index is 12.6. The number of rotatable bonds is 6. The van der Waals surface area contributed by atoms with Gasteiger partial charge >= 0.3 is 41.8 Å². The summed E-state index contributed by atoms with van der Waals surface area (Å²) in [4.78, 5) is 61.5. The Kier molecular flexibility index (Phi) is 16.8. The molecule has 1 aromatic carbocycles. The van der Waals surface area contributed by atoms with E-state index in [0.29, 0.717) is 6.07 Å². The molecule has 0 spiro atoms.